The standard InChI is InChI=1S/C14H12O2.C13H12N2O.C6H14O/c15-13(11-7-3-1-4-8-11)14(16)12-9-5-2-6-10-12;14-11-8-4-7-10(12(11)15)13(16)9-5-2-1-3-6-9;1-3-5-7-6-4-2/h1-10,13,15H;1-8H,14-15H2;3-6H2,1-2H3. The summed E-state index contributed by atoms with van der Waals surface area (Å²) in [5.74, 6) is -0.378. The highest BCUT2D eigenvalue weighted by molar-refractivity contribution is 6.13. The van der Waals surface area contributed by atoms with Crippen LogP contribution in [0.4, 0.5) is 11.4 Å². The molecule has 4 aromatic carbocycles. The van der Waals surface area contributed by atoms with Crippen LogP contribution in [0.3, 0.4) is 0 Å². The van der Waals surface area contributed by atoms with Crippen LogP contribution < -0.4 is 11.5 Å². The number of nitrogens with two attached hydrogens (primary N) is 2. The highest BCUT2D eigenvalue weighted by atomic mass is 16.5. The molecule has 0 saturated carbocycles. The zero-order valence-electron chi connectivity index (χ0n) is 22.6. The van der Waals surface area contributed by atoms with Gasteiger partial charge in [0.25, 0.3) is 0 Å². The molecule has 0 fully saturated rings. The van der Waals surface area contributed by atoms with E-state index in [2.05, 4.69) is 13.8 Å². The molecule has 4 aromatic rings. The lowest BCUT2D eigenvalue weighted by Crippen LogP contribution is -2.11. The summed E-state index contributed by atoms with van der Waals surface area (Å²) >= 11 is 0. The normalized spacial score (nSPS) is 10.7. The van der Waals surface area contributed by atoms with Gasteiger partial charge in [-0.3, -0.25) is 9.59 Å². The van der Waals surface area contributed by atoms with Crippen molar-refractivity contribution in [3.63, 3.8) is 0 Å². The molecule has 0 saturated heterocycles. The van der Waals surface area contributed by atoms with E-state index in [1.165, 1.54) is 0 Å². The van der Waals surface area contributed by atoms with Gasteiger partial charge in [-0.2, -0.15) is 0 Å². The quantitative estimate of drug-likeness (QED) is 0.130. The minimum Gasteiger partial charge on any atom is -0.397 e. The van der Waals surface area contributed by atoms with E-state index < -0.39 is 6.10 Å². The molecule has 4 rings (SSSR count). The van der Waals surface area contributed by atoms with Crippen molar-refractivity contribution in [3.8, 4) is 0 Å². The third-order valence-corrected chi connectivity index (χ3v) is 5.54. The Morgan fingerprint density at radius 2 is 1.18 bits per heavy atom. The summed E-state index contributed by atoms with van der Waals surface area (Å²) < 4.78 is 5.13. The number of carbonyl (C=O) groups is 2. The maximum Gasteiger partial charge on any atom is 0.195 e. The summed E-state index contributed by atoms with van der Waals surface area (Å²) in [6.45, 7) is 6.09. The van der Waals surface area contributed by atoms with E-state index in [1.54, 1.807) is 78.9 Å². The summed E-state index contributed by atoms with van der Waals surface area (Å²) in [7, 11) is 0. The lowest BCUT2D eigenvalue weighted by Gasteiger charge is -2.09. The SMILES string of the molecule is CCCOCCC.Nc1cccc(C(=O)c2ccccc2)c1N.O=C(c1ccccc1)C(O)c1ccccc1. The molecule has 0 heterocycles. The Balaban J connectivity index is 0.000000222. The molecular formula is C33H38N2O4. The third kappa shape index (κ3) is 10.2. The molecule has 0 amide bonds. The number of ether oxygens (including phenoxy) is 1. The summed E-state index contributed by atoms with van der Waals surface area (Å²) in [6.07, 6.45) is 1.20. The maximum atomic E-state index is 12.1. The molecular weight excluding hydrogens is 488 g/mol. The average Bonchev–Trinajstić information content (AvgIpc) is 3.00. The zero-order valence-corrected chi connectivity index (χ0v) is 22.6. The van der Waals surface area contributed by atoms with Gasteiger partial charge < -0.3 is 21.3 Å². The number of nitrogen functional groups attached to an aromatic ring is 2. The monoisotopic (exact) mass is 526 g/mol. The van der Waals surface area contributed by atoms with Gasteiger partial charge in [-0.25, -0.2) is 0 Å². The second kappa shape index (κ2) is 17.3. The summed E-state index contributed by atoms with van der Waals surface area (Å²) in [4.78, 5) is 24.0. The number of ketones is 2. The Bertz CT molecular complexity index is 1260. The first kappa shape index (κ1) is 31.0. The van der Waals surface area contributed by atoms with E-state index in [9.17, 15) is 14.7 Å². The number of benzene rings is 4. The second-order valence-corrected chi connectivity index (χ2v) is 8.66. The smallest absolute Gasteiger partial charge is 0.195 e. The molecule has 5 N–H and O–H groups in total. The minimum atomic E-state index is -1.08. The van der Waals surface area contributed by atoms with Crippen LogP contribution in [0.1, 0.15) is 64.6 Å². The fourth-order valence-electron chi connectivity index (χ4n) is 3.46. The Labute approximate surface area is 231 Å². The molecule has 0 radical (unpaired) electrons. The largest absolute Gasteiger partial charge is 0.397 e. The number of Topliss-reactive ketones (excluding diaryl/α,β-unsaturated/α-hetero) is 1. The van der Waals surface area contributed by atoms with E-state index >= 15 is 0 Å². The topological polar surface area (TPSA) is 116 Å². The van der Waals surface area contributed by atoms with Gasteiger partial charge in [0.2, 0.25) is 0 Å². The predicted molar refractivity (Wildman–Crippen MR) is 159 cm³/mol. The van der Waals surface area contributed by atoms with Gasteiger partial charge >= 0.3 is 0 Å². The Hall–Kier alpha value is -4.26. The van der Waals surface area contributed by atoms with E-state index in [1.807, 2.05) is 30.3 Å². The van der Waals surface area contributed by atoms with Crippen LogP contribution in [0.2, 0.25) is 0 Å². The second-order valence-electron chi connectivity index (χ2n) is 8.66. The Morgan fingerprint density at radius 3 is 1.69 bits per heavy atom. The molecule has 1 atom stereocenters. The van der Waals surface area contributed by atoms with Crippen molar-refractivity contribution in [1.82, 2.24) is 0 Å². The summed E-state index contributed by atoms with van der Waals surface area (Å²) in [5.41, 5.74) is 14.4. The van der Waals surface area contributed by atoms with Crippen molar-refractivity contribution in [3.05, 3.63) is 131 Å². The minimum absolute atomic E-state index is 0.106. The van der Waals surface area contributed by atoms with Crippen LogP contribution in [0.5, 0.6) is 0 Å². The maximum absolute atomic E-state index is 12.1. The molecule has 6 heteroatoms. The van der Waals surface area contributed by atoms with Gasteiger partial charge in [-0.05, 0) is 30.5 Å². The first-order valence-corrected chi connectivity index (χ1v) is 13.0. The van der Waals surface area contributed by atoms with Crippen molar-refractivity contribution in [2.24, 2.45) is 0 Å². The van der Waals surface area contributed by atoms with Gasteiger partial charge in [0, 0.05) is 29.9 Å². The van der Waals surface area contributed by atoms with Crippen molar-refractivity contribution in [2.45, 2.75) is 32.8 Å². The number of aliphatic hydroxyl groups is 1. The molecule has 1 unspecified atom stereocenters. The predicted octanol–water partition coefficient (Wildman–Crippen LogP) is 6.51. The molecule has 6 nitrogen and oxygen atoms in total. The van der Waals surface area contributed by atoms with Crippen LogP contribution >= 0.6 is 0 Å². The lowest BCUT2D eigenvalue weighted by atomic mass is 10.0. The summed E-state index contributed by atoms with van der Waals surface area (Å²) in [6, 6.07) is 31.8. The molecule has 0 aromatic heterocycles. The van der Waals surface area contributed by atoms with Crippen LogP contribution in [-0.2, 0) is 4.74 Å². The molecule has 204 valence electrons. The van der Waals surface area contributed by atoms with Gasteiger partial charge in [-0.15, -0.1) is 0 Å². The Kier molecular flexibility index (Phi) is 13.7. The van der Waals surface area contributed by atoms with E-state index in [4.69, 9.17) is 16.2 Å². The fraction of sp³-hybridized carbons (Fsp3) is 0.212. The molecule has 39 heavy (non-hydrogen) atoms. The molecule has 0 aliphatic rings. The van der Waals surface area contributed by atoms with Crippen molar-refractivity contribution >= 4 is 22.9 Å². The fourth-order valence-corrected chi connectivity index (χ4v) is 3.46. The molecule has 0 aliphatic heterocycles. The Morgan fingerprint density at radius 1 is 0.692 bits per heavy atom. The highest BCUT2D eigenvalue weighted by Gasteiger charge is 2.18. The van der Waals surface area contributed by atoms with Crippen molar-refractivity contribution < 1.29 is 19.4 Å². The third-order valence-electron chi connectivity index (χ3n) is 5.54. The first-order valence-electron chi connectivity index (χ1n) is 13.0. The molecule has 0 bridgehead atoms. The van der Waals surface area contributed by atoms with Crippen molar-refractivity contribution in [2.75, 3.05) is 24.7 Å². The van der Waals surface area contributed by atoms with Crippen LogP contribution in [-0.4, -0.2) is 29.9 Å². The van der Waals surface area contributed by atoms with Gasteiger partial charge in [0.05, 0.1) is 11.4 Å². The number of carbonyl (C=O) groups excluding carboxylic acids is 2. The zero-order chi connectivity index (χ0) is 28.5. The number of hydrogen-bond donors (Lipinski definition) is 3. The number of para-hydroxylation sites is 1. The lowest BCUT2D eigenvalue weighted by molar-refractivity contribution is 0.0747. The van der Waals surface area contributed by atoms with Gasteiger partial charge in [0.1, 0.15) is 6.10 Å². The van der Waals surface area contributed by atoms with E-state index in [0.29, 0.717) is 33.6 Å². The highest BCUT2D eigenvalue weighted by Crippen LogP contribution is 2.22. The number of rotatable bonds is 9. The van der Waals surface area contributed by atoms with Crippen LogP contribution in [0.25, 0.3) is 0 Å². The number of aliphatic hydroxyl groups excluding tert-OH is 1. The van der Waals surface area contributed by atoms with Gasteiger partial charge in [0.15, 0.2) is 11.6 Å². The van der Waals surface area contributed by atoms with Crippen molar-refractivity contribution in [1.29, 1.82) is 0 Å². The summed E-state index contributed by atoms with van der Waals surface area (Å²) in [5, 5.41) is 9.89. The van der Waals surface area contributed by atoms with Crippen LogP contribution in [0.15, 0.2) is 109 Å². The van der Waals surface area contributed by atoms with Crippen LogP contribution in [0, 0.1) is 0 Å². The first-order chi connectivity index (χ1) is 18.9. The average molecular weight is 527 g/mol. The van der Waals surface area contributed by atoms with Gasteiger partial charge in [-0.1, -0.05) is 111 Å². The molecule has 0 aliphatic carbocycles. The number of anilines is 2. The number of hydrogen-bond acceptors (Lipinski definition) is 6. The van der Waals surface area contributed by atoms with E-state index in [-0.39, 0.29) is 11.6 Å². The van der Waals surface area contributed by atoms with E-state index in [0.717, 1.165) is 26.1 Å². The molecule has 0 spiro atoms.